The average molecular weight is 350 g/mol. The highest BCUT2D eigenvalue weighted by atomic mass is 16.5. The number of aromatic nitrogens is 3. The summed E-state index contributed by atoms with van der Waals surface area (Å²) in [6.45, 7) is 0.572. The molecule has 1 aromatic carbocycles. The summed E-state index contributed by atoms with van der Waals surface area (Å²) in [7, 11) is 1.65. The van der Waals surface area contributed by atoms with Crippen LogP contribution >= 0.6 is 0 Å². The first-order valence-corrected chi connectivity index (χ1v) is 8.96. The Labute approximate surface area is 152 Å². The summed E-state index contributed by atoms with van der Waals surface area (Å²) >= 11 is 0. The van der Waals surface area contributed by atoms with E-state index in [4.69, 9.17) is 9.26 Å². The van der Waals surface area contributed by atoms with E-state index in [2.05, 4.69) is 44.7 Å². The lowest BCUT2D eigenvalue weighted by Gasteiger charge is -2.26. The van der Waals surface area contributed by atoms with E-state index in [-0.39, 0.29) is 0 Å². The monoisotopic (exact) mass is 350 g/mol. The molecule has 6 nitrogen and oxygen atoms in total. The second kappa shape index (κ2) is 7.66. The zero-order valence-electron chi connectivity index (χ0n) is 14.8. The number of pyridine rings is 1. The van der Waals surface area contributed by atoms with Crippen LogP contribution in [0, 0.1) is 0 Å². The maximum Gasteiger partial charge on any atom is 0.259 e. The highest BCUT2D eigenvalue weighted by Gasteiger charge is 2.20. The third kappa shape index (κ3) is 3.60. The van der Waals surface area contributed by atoms with E-state index in [1.807, 2.05) is 12.1 Å². The van der Waals surface area contributed by atoms with Gasteiger partial charge >= 0.3 is 0 Å². The van der Waals surface area contributed by atoms with E-state index in [0.29, 0.717) is 30.8 Å². The summed E-state index contributed by atoms with van der Waals surface area (Å²) in [5.74, 6) is 1.98. The number of aryl methyl sites for hydroxylation is 1. The van der Waals surface area contributed by atoms with Gasteiger partial charge in [0, 0.05) is 19.7 Å². The van der Waals surface area contributed by atoms with Crippen LogP contribution in [0.4, 0.5) is 5.82 Å². The highest BCUT2D eigenvalue weighted by molar-refractivity contribution is 5.54. The third-order valence-electron chi connectivity index (χ3n) is 4.70. The zero-order chi connectivity index (χ0) is 17.8. The molecule has 0 fully saturated rings. The molecule has 6 heteroatoms. The summed E-state index contributed by atoms with van der Waals surface area (Å²) < 4.78 is 10.3. The Bertz CT molecular complexity index is 860. The Hall–Kier alpha value is -2.73. The Morgan fingerprint density at radius 3 is 3.00 bits per heavy atom. The smallest absolute Gasteiger partial charge is 0.259 e. The van der Waals surface area contributed by atoms with Crippen LogP contribution in [0.15, 0.2) is 47.1 Å². The summed E-state index contributed by atoms with van der Waals surface area (Å²) in [5, 5.41) is 7.52. The van der Waals surface area contributed by atoms with E-state index >= 15 is 0 Å². The van der Waals surface area contributed by atoms with E-state index in [1.54, 1.807) is 13.3 Å². The molecule has 0 saturated heterocycles. The van der Waals surface area contributed by atoms with Gasteiger partial charge in [-0.05, 0) is 42.5 Å². The second-order valence-corrected chi connectivity index (χ2v) is 6.48. The molecular formula is C20H22N4O2. The van der Waals surface area contributed by atoms with Gasteiger partial charge in [0.25, 0.3) is 5.89 Å². The van der Waals surface area contributed by atoms with Crippen molar-refractivity contribution in [1.29, 1.82) is 0 Å². The van der Waals surface area contributed by atoms with Crippen molar-refractivity contribution in [2.24, 2.45) is 0 Å². The number of ether oxygens (including phenoxy) is 1. The molecule has 0 aliphatic heterocycles. The SMILES string of the molecule is COCCc1noc(-c2ccc(N[C@@H]3CCCc4ccccc43)nc2)n1. The van der Waals surface area contributed by atoms with Gasteiger partial charge in [-0.15, -0.1) is 0 Å². The molecule has 1 aliphatic carbocycles. The van der Waals surface area contributed by atoms with Crippen molar-refractivity contribution in [3.63, 3.8) is 0 Å². The second-order valence-electron chi connectivity index (χ2n) is 6.48. The zero-order valence-corrected chi connectivity index (χ0v) is 14.8. The normalized spacial score (nSPS) is 16.3. The molecule has 0 bridgehead atoms. The van der Waals surface area contributed by atoms with Crippen molar-refractivity contribution in [1.82, 2.24) is 15.1 Å². The van der Waals surface area contributed by atoms with Gasteiger partial charge < -0.3 is 14.6 Å². The van der Waals surface area contributed by atoms with Crippen molar-refractivity contribution >= 4 is 5.82 Å². The predicted molar refractivity (Wildman–Crippen MR) is 98.9 cm³/mol. The van der Waals surface area contributed by atoms with Crippen molar-refractivity contribution in [2.75, 3.05) is 19.0 Å². The van der Waals surface area contributed by atoms with Crippen molar-refractivity contribution < 1.29 is 9.26 Å². The number of hydrogen-bond donors (Lipinski definition) is 1. The van der Waals surface area contributed by atoms with Gasteiger partial charge in [-0.2, -0.15) is 4.98 Å². The fourth-order valence-corrected chi connectivity index (χ4v) is 3.35. The third-order valence-corrected chi connectivity index (χ3v) is 4.70. The van der Waals surface area contributed by atoms with E-state index in [0.717, 1.165) is 24.2 Å². The van der Waals surface area contributed by atoms with Crippen molar-refractivity contribution in [2.45, 2.75) is 31.7 Å². The minimum Gasteiger partial charge on any atom is -0.384 e. The molecule has 26 heavy (non-hydrogen) atoms. The van der Waals surface area contributed by atoms with Crippen LogP contribution < -0.4 is 5.32 Å². The predicted octanol–water partition coefficient (Wildman–Crippen LogP) is 3.81. The van der Waals surface area contributed by atoms with Crippen molar-refractivity contribution in [3.05, 3.63) is 59.5 Å². The topological polar surface area (TPSA) is 73.1 Å². The van der Waals surface area contributed by atoms with E-state index in [9.17, 15) is 0 Å². The summed E-state index contributed by atoms with van der Waals surface area (Å²) in [5.41, 5.74) is 3.63. The fraction of sp³-hybridized carbons (Fsp3) is 0.350. The summed E-state index contributed by atoms with van der Waals surface area (Å²) in [4.78, 5) is 8.90. The lowest BCUT2D eigenvalue weighted by molar-refractivity contribution is 0.199. The fourth-order valence-electron chi connectivity index (χ4n) is 3.35. The number of hydrogen-bond acceptors (Lipinski definition) is 6. The molecule has 1 N–H and O–H groups in total. The molecule has 0 unspecified atom stereocenters. The first-order valence-electron chi connectivity index (χ1n) is 8.96. The van der Waals surface area contributed by atoms with Crippen LogP contribution in [0.3, 0.4) is 0 Å². The van der Waals surface area contributed by atoms with Crippen LogP contribution in [0.5, 0.6) is 0 Å². The first-order chi connectivity index (χ1) is 12.8. The maximum atomic E-state index is 5.31. The van der Waals surface area contributed by atoms with Crippen LogP contribution in [0.2, 0.25) is 0 Å². The van der Waals surface area contributed by atoms with Gasteiger partial charge in [0.15, 0.2) is 5.82 Å². The molecule has 2 heterocycles. The molecule has 0 saturated carbocycles. The molecule has 1 aliphatic rings. The maximum absolute atomic E-state index is 5.31. The van der Waals surface area contributed by atoms with Crippen molar-refractivity contribution in [3.8, 4) is 11.5 Å². The molecular weight excluding hydrogens is 328 g/mol. The number of fused-ring (bicyclic) bond motifs is 1. The van der Waals surface area contributed by atoms with Gasteiger partial charge in [0.05, 0.1) is 18.2 Å². The Kier molecular flexibility index (Phi) is 4.93. The van der Waals surface area contributed by atoms with Crippen LogP contribution in [0.1, 0.15) is 35.8 Å². The van der Waals surface area contributed by atoms with E-state index < -0.39 is 0 Å². The van der Waals surface area contributed by atoms with Crippen LogP contribution in [-0.4, -0.2) is 28.8 Å². The molecule has 1 atom stereocenters. The molecule has 2 aromatic heterocycles. The first kappa shape index (κ1) is 16.7. The molecule has 134 valence electrons. The van der Waals surface area contributed by atoms with E-state index in [1.165, 1.54) is 17.5 Å². The summed E-state index contributed by atoms with van der Waals surface area (Å²) in [6, 6.07) is 12.9. The number of methoxy groups -OCH3 is 1. The quantitative estimate of drug-likeness (QED) is 0.729. The van der Waals surface area contributed by atoms with Crippen LogP contribution in [0.25, 0.3) is 11.5 Å². The molecule has 0 amide bonds. The Balaban J connectivity index is 1.46. The van der Waals surface area contributed by atoms with Gasteiger partial charge in [-0.25, -0.2) is 4.98 Å². The average Bonchev–Trinajstić information content (AvgIpc) is 3.16. The standard InChI is InChI=1S/C20H22N4O2/c1-25-12-11-19-23-20(26-24-19)15-9-10-18(21-13-15)22-17-8-4-6-14-5-2-3-7-16(14)17/h2-3,5,7,9-10,13,17H,4,6,8,11-12H2,1H3,(H,21,22)/t17-/m1/s1. The number of anilines is 1. The minimum absolute atomic E-state index is 0.308. The van der Waals surface area contributed by atoms with Crippen LogP contribution in [-0.2, 0) is 17.6 Å². The van der Waals surface area contributed by atoms with Gasteiger partial charge in [0.1, 0.15) is 5.82 Å². The Morgan fingerprint density at radius 2 is 2.15 bits per heavy atom. The highest BCUT2D eigenvalue weighted by Crippen LogP contribution is 2.32. The van der Waals surface area contributed by atoms with Gasteiger partial charge in [-0.3, -0.25) is 0 Å². The summed E-state index contributed by atoms with van der Waals surface area (Å²) in [6.07, 6.45) is 5.87. The Morgan fingerprint density at radius 1 is 1.23 bits per heavy atom. The lowest BCUT2D eigenvalue weighted by atomic mass is 9.88. The molecule has 0 radical (unpaired) electrons. The lowest BCUT2D eigenvalue weighted by Crippen LogP contribution is -2.17. The van der Waals surface area contributed by atoms with Gasteiger partial charge in [-0.1, -0.05) is 29.4 Å². The number of rotatable bonds is 6. The number of nitrogens with one attached hydrogen (secondary N) is 1. The molecule has 4 rings (SSSR count). The number of benzene rings is 1. The molecule has 3 aromatic rings. The molecule has 0 spiro atoms. The largest absolute Gasteiger partial charge is 0.384 e. The number of nitrogens with zero attached hydrogens (tertiary/aromatic N) is 3. The van der Waals surface area contributed by atoms with Gasteiger partial charge in [0.2, 0.25) is 0 Å². The minimum atomic E-state index is 0.308.